The van der Waals surface area contributed by atoms with Crippen LogP contribution in [0.4, 0.5) is 0 Å². The summed E-state index contributed by atoms with van der Waals surface area (Å²) in [5, 5.41) is 14.7. The highest BCUT2D eigenvalue weighted by molar-refractivity contribution is 7.90. The van der Waals surface area contributed by atoms with Crippen LogP contribution in [0.15, 0.2) is 70.2 Å². The van der Waals surface area contributed by atoms with E-state index in [9.17, 15) is 26.7 Å². The number of benzene rings is 2. The van der Waals surface area contributed by atoms with E-state index in [1.807, 2.05) is 44.2 Å². The van der Waals surface area contributed by atoms with Gasteiger partial charge < -0.3 is 14.8 Å². The Morgan fingerprint density at radius 3 is 2.32 bits per heavy atom. The highest BCUT2D eigenvalue weighted by atomic mass is 32.2. The van der Waals surface area contributed by atoms with Gasteiger partial charge in [-0.05, 0) is 42.2 Å². The molecule has 0 radical (unpaired) electrons. The monoisotopic (exact) mass is 564 g/mol. The number of amides is 1. The molecule has 0 saturated heterocycles. The average molecular weight is 565 g/mol. The van der Waals surface area contributed by atoms with Crippen molar-refractivity contribution in [3.63, 3.8) is 0 Å². The molecule has 1 heterocycles. The standard InChI is InChI=1S/C27H36N2O7S2/c1-19(2)16-29(38(34,35)23-10-11-26-22(15-23)12-13-36-26)17-25(30)24(14-21-8-6-5-7-9-21)28-27(31)20(3)18-37(4,32)33/h5-13,15,19-20,24-25,30H,14,16-18H2,1-4H3,(H,28,31)/t20-,24+,25-/m1/s1. The minimum absolute atomic E-state index is 0.0356. The van der Waals surface area contributed by atoms with Gasteiger partial charge in [-0.2, -0.15) is 4.31 Å². The number of carbonyl (C=O) groups excluding carboxylic acids is 1. The lowest BCUT2D eigenvalue weighted by Crippen LogP contribution is -2.52. The van der Waals surface area contributed by atoms with Crippen molar-refractivity contribution in [1.29, 1.82) is 0 Å². The molecule has 0 saturated carbocycles. The molecule has 2 aromatic carbocycles. The number of sulfone groups is 1. The van der Waals surface area contributed by atoms with Crippen molar-refractivity contribution in [2.24, 2.45) is 11.8 Å². The molecule has 3 atom stereocenters. The molecule has 38 heavy (non-hydrogen) atoms. The highest BCUT2D eigenvalue weighted by Gasteiger charge is 2.32. The molecule has 2 N–H and O–H groups in total. The predicted molar refractivity (Wildman–Crippen MR) is 147 cm³/mol. The number of furan rings is 1. The molecular weight excluding hydrogens is 528 g/mol. The summed E-state index contributed by atoms with van der Waals surface area (Å²) in [6.45, 7) is 5.15. The van der Waals surface area contributed by atoms with Crippen molar-refractivity contribution < 1.29 is 31.2 Å². The van der Waals surface area contributed by atoms with E-state index < -0.39 is 43.8 Å². The smallest absolute Gasteiger partial charge is 0.243 e. The summed E-state index contributed by atoms with van der Waals surface area (Å²) in [5.74, 6) is -1.74. The number of rotatable bonds is 13. The number of nitrogens with zero attached hydrogens (tertiary/aromatic N) is 1. The maximum absolute atomic E-state index is 13.7. The summed E-state index contributed by atoms with van der Waals surface area (Å²) in [6.07, 6.45) is 1.51. The van der Waals surface area contributed by atoms with Crippen molar-refractivity contribution in [2.45, 2.75) is 44.2 Å². The topological polar surface area (TPSA) is 134 Å². The lowest BCUT2D eigenvalue weighted by atomic mass is 10.00. The second-order valence-electron chi connectivity index (χ2n) is 10.2. The van der Waals surface area contributed by atoms with E-state index in [1.54, 1.807) is 12.1 Å². The van der Waals surface area contributed by atoms with E-state index in [2.05, 4.69) is 5.32 Å². The van der Waals surface area contributed by atoms with E-state index in [1.165, 1.54) is 29.6 Å². The van der Waals surface area contributed by atoms with Crippen LogP contribution < -0.4 is 5.32 Å². The number of sulfonamides is 1. The number of aliphatic hydroxyl groups excluding tert-OH is 1. The van der Waals surface area contributed by atoms with Crippen LogP contribution in [0, 0.1) is 11.8 Å². The molecule has 3 aromatic rings. The number of nitrogens with one attached hydrogen (secondary N) is 1. The molecule has 0 fully saturated rings. The minimum atomic E-state index is -4.00. The van der Waals surface area contributed by atoms with Gasteiger partial charge in [-0.25, -0.2) is 16.8 Å². The number of hydrogen-bond donors (Lipinski definition) is 2. The maximum atomic E-state index is 13.7. The molecule has 9 nitrogen and oxygen atoms in total. The summed E-state index contributed by atoms with van der Waals surface area (Å²) in [4.78, 5) is 13.0. The Kier molecular flexibility index (Phi) is 9.74. The molecule has 0 aliphatic carbocycles. The highest BCUT2D eigenvalue weighted by Crippen LogP contribution is 2.24. The summed E-state index contributed by atoms with van der Waals surface area (Å²) in [5.41, 5.74) is 1.39. The molecule has 11 heteroatoms. The largest absolute Gasteiger partial charge is 0.464 e. The van der Waals surface area contributed by atoms with Crippen LogP contribution in [-0.4, -0.2) is 69.4 Å². The fraction of sp³-hybridized carbons (Fsp3) is 0.444. The normalized spacial score (nSPS) is 15.0. The van der Waals surface area contributed by atoms with E-state index >= 15 is 0 Å². The first-order valence-corrected chi connectivity index (χ1v) is 15.9. The van der Waals surface area contributed by atoms with Gasteiger partial charge in [0.15, 0.2) is 0 Å². The Hall–Kier alpha value is -2.73. The Bertz CT molecular complexity index is 1430. The fourth-order valence-electron chi connectivity index (χ4n) is 4.27. The van der Waals surface area contributed by atoms with Crippen LogP contribution in [0.3, 0.4) is 0 Å². The van der Waals surface area contributed by atoms with Crippen LogP contribution in [-0.2, 0) is 31.1 Å². The third-order valence-electron chi connectivity index (χ3n) is 6.11. The van der Waals surface area contributed by atoms with Gasteiger partial charge >= 0.3 is 0 Å². The van der Waals surface area contributed by atoms with Crippen LogP contribution in [0.1, 0.15) is 26.3 Å². The molecule has 1 aromatic heterocycles. The lowest BCUT2D eigenvalue weighted by Gasteiger charge is -2.31. The van der Waals surface area contributed by atoms with E-state index in [0.717, 1.165) is 11.8 Å². The number of fused-ring (bicyclic) bond motifs is 1. The Morgan fingerprint density at radius 1 is 1.00 bits per heavy atom. The Labute approximate surface area is 224 Å². The van der Waals surface area contributed by atoms with E-state index in [0.29, 0.717) is 11.0 Å². The summed E-state index contributed by atoms with van der Waals surface area (Å²) in [6, 6.07) is 14.6. The van der Waals surface area contributed by atoms with Gasteiger partial charge in [0.1, 0.15) is 15.4 Å². The summed E-state index contributed by atoms with van der Waals surface area (Å²) < 4.78 is 57.3. The minimum Gasteiger partial charge on any atom is -0.464 e. The Morgan fingerprint density at radius 2 is 1.68 bits per heavy atom. The molecule has 1 amide bonds. The molecule has 0 spiro atoms. The fourth-order valence-corrected chi connectivity index (χ4v) is 6.99. The maximum Gasteiger partial charge on any atom is 0.243 e. The zero-order chi connectivity index (χ0) is 28.1. The predicted octanol–water partition coefficient (Wildman–Crippen LogP) is 2.85. The van der Waals surface area contributed by atoms with Gasteiger partial charge in [0.2, 0.25) is 15.9 Å². The van der Waals surface area contributed by atoms with Gasteiger partial charge in [-0.15, -0.1) is 0 Å². The van der Waals surface area contributed by atoms with E-state index in [-0.39, 0.29) is 36.1 Å². The first-order chi connectivity index (χ1) is 17.8. The zero-order valence-corrected chi connectivity index (χ0v) is 23.7. The molecule has 0 aliphatic rings. The molecule has 208 valence electrons. The lowest BCUT2D eigenvalue weighted by molar-refractivity contribution is -0.125. The van der Waals surface area contributed by atoms with Crippen molar-refractivity contribution in [1.82, 2.24) is 9.62 Å². The quantitative estimate of drug-likeness (QED) is 0.326. The Balaban J connectivity index is 1.88. The number of aliphatic hydroxyl groups is 1. The van der Waals surface area contributed by atoms with Crippen molar-refractivity contribution in [2.75, 3.05) is 25.1 Å². The van der Waals surface area contributed by atoms with Gasteiger partial charge in [-0.3, -0.25) is 4.79 Å². The van der Waals surface area contributed by atoms with Crippen LogP contribution in [0.25, 0.3) is 11.0 Å². The van der Waals surface area contributed by atoms with Crippen molar-refractivity contribution in [3.8, 4) is 0 Å². The van der Waals surface area contributed by atoms with Crippen LogP contribution >= 0.6 is 0 Å². The van der Waals surface area contributed by atoms with E-state index in [4.69, 9.17) is 4.42 Å². The summed E-state index contributed by atoms with van der Waals surface area (Å²) >= 11 is 0. The molecule has 0 bridgehead atoms. The second-order valence-corrected chi connectivity index (χ2v) is 14.3. The van der Waals surface area contributed by atoms with Gasteiger partial charge in [0.05, 0.1) is 29.1 Å². The first-order valence-electron chi connectivity index (χ1n) is 12.4. The van der Waals surface area contributed by atoms with Gasteiger partial charge in [0, 0.05) is 30.6 Å². The molecule has 3 rings (SSSR count). The SMILES string of the molecule is CC(C)CN(C[C@@H](O)[C@H](Cc1ccccc1)NC(=O)[C@H](C)CS(C)(=O)=O)S(=O)(=O)c1ccc2occc2c1. The van der Waals surface area contributed by atoms with Crippen molar-refractivity contribution >= 4 is 36.7 Å². The molecule has 0 unspecified atom stereocenters. The zero-order valence-electron chi connectivity index (χ0n) is 22.1. The third-order valence-corrected chi connectivity index (χ3v) is 9.05. The third kappa shape index (κ3) is 8.13. The molecule has 0 aliphatic heterocycles. The van der Waals surface area contributed by atoms with Gasteiger partial charge in [-0.1, -0.05) is 51.1 Å². The van der Waals surface area contributed by atoms with Crippen LogP contribution in [0.5, 0.6) is 0 Å². The summed E-state index contributed by atoms with van der Waals surface area (Å²) in [7, 11) is -7.39. The molecular formula is C27H36N2O7S2. The first kappa shape index (κ1) is 29.8. The van der Waals surface area contributed by atoms with Crippen LogP contribution in [0.2, 0.25) is 0 Å². The second kappa shape index (κ2) is 12.4. The van der Waals surface area contributed by atoms with Gasteiger partial charge in [0.25, 0.3) is 0 Å². The average Bonchev–Trinajstić information content (AvgIpc) is 3.30. The number of carbonyl (C=O) groups is 1. The van der Waals surface area contributed by atoms with Crippen molar-refractivity contribution in [3.05, 3.63) is 66.4 Å². The number of hydrogen-bond acceptors (Lipinski definition) is 7.